The number of rotatable bonds is 0. The lowest BCUT2D eigenvalue weighted by Gasteiger charge is -1.93. The van der Waals surface area contributed by atoms with E-state index in [1.54, 1.807) is 0 Å². The third kappa shape index (κ3) is 1.33. The molecule has 0 saturated carbocycles. The van der Waals surface area contributed by atoms with Gasteiger partial charge in [-0.25, -0.2) is 4.98 Å². The van der Waals surface area contributed by atoms with Crippen LogP contribution in [0.25, 0.3) is 11.0 Å². The maximum Gasteiger partial charge on any atom is 0.106 e. The summed E-state index contributed by atoms with van der Waals surface area (Å²) in [6.07, 6.45) is 0. The monoisotopic (exact) mass is 274 g/mol. The molecule has 2 aromatic rings. The van der Waals surface area contributed by atoms with Crippen LogP contribution in [0.5, 0.6) is 0 Å². The molecule has 1 heterocycles. The Balaban J connectivity index is 0.000000720. The van der Waals surface area contributed by atoms with Crippen LogP contribution in [-0.2, 0) is 7.05 Å². The topological polar surface area (TPSA) is 17.8 Å². The molecule has 0 fully saturated rings. The molecule has 0 saturated heterocycles. The van der Waals surface area contributed by atoms with Crippen molar-refractivity contribution in [2.45, 2.75) is 6.92 Å². The minimum absolute atomic E-state index is 0. The molecule has 0 aliphatic rings. The van der Waals surface area contributed by atoms with Gasteiger partial charge in [0.25, 0.3) is 0 Å². The summed E-state index contributed by atoms with van der Waals surface area (Å²) in [5, 5.41) is 0. The second-order valence-corrected chi connectivity index (χ2v) is 2.71. The molecule has 2 rings (SSSR count). The molecule has 12 heavy (non-hydrogen) atoms. The Kier molecular flexibility index (Phi) is 2.72. The third-order valence-electron chi connectivity index (χ3n) is 2.01. The van der Waals surface area contributed by atoms with Gasteiger partial charge < -0.3 is 4.57 Å². The maximum atomic E-state index is 4.38. The number of benzene rings is 1. The standard InChI is InChI=1S/C9H10N2.HI/c1-7-10-8-5-3-4-6-9(8)11(7)2;/h3-6H,1-2H3;1H. The number of halogens is 1. The molecule has 1 aromatic heterocycles. The van der Waals surface area contributed by atoms with Crippen molar-refractivity contribution in [3.63, 3.8) is 0 Å². The summed E-state index contributed by atoms with van der Waals surface area (Å²) in [5.41, 5.74) is 2.28. The molecular formula is C9H11IN2. The first-order valence-electron chi connectivity index (χ1n) is 3.67. The normalized spacial score (nSPS) is 9.83. The van der Waals surface area contributed by atoms with Gasteiger partial charge in [-0.3, -0.25) is 0 Å². The highest BCUT2D eigenvalue weighted by molar-refractivity contribution is 14.0. The zero-order valence-corrected chi connectivity index (χ0v) is 9.44. The van der Waals surface area contributed by atoms with Crippen molar-refractivity contribution in [2.75, 3.05) is 0 Å². The molecule has 64 valence electrons. The molecule has 0 unspecified atom stereocenters. The first kappa shape index (κ1) is 9.51. The maximum absolute atomic E-state index is 4.38. The molecule has 0 spiro atoms. The highest BCUT2D eigenvalue weighted by Gasteiger charge is 2.00. The average Bonchev–Trinajstić information content (AvgIpc) is 2.30. The Hall–Kier alpha value is -0.580. The lowest BCUT2D eigenvalue weighted by Crippen LogP contribution is -1.89. The van der Waals surface area contributed by atoms with E-state index in [2.05, 4.69) is 15.6 Å². The molecule has 2 nitrogen and oxygen atoms in total. The van der Waals surface area contributed by atoms with Gasteiger partial charge in [0.1, 0.15) is 5.82 Å². The van der Waals surface area contributed by atoms with Crippen LogP contribution in [0.3, 0.4) is 0 Å². The van der Waals surface area contributed by atoms with E-state index in [9.17, 15) is 0 Å². The van der Waals surface area contributed by atoms with Gasteiger partial charge in [0, 0.05) is 7.05 Å². The van der Waals surface area contributed by atoms with Crippen LogP contribution in [0.1, 0.15) is 5.82 Å². The fourth-order valence-corrected chi connectivity index (χ4v) is 1.27. The van der Waals surface area contributed by atoms with Gasteiger partial charge in [-0.15, -0.1) is 24.0 Å². The Labute approximate surface area is 88.6 Å². The summed E-state index contributed by atoms with van der Waals surface area (Å²) in [4.78, 5) is 4.38. The van der Waals surface area contributed by atoms with Gasteiger partial charge in [0.2, 0.25) is 0 Å². The van der Waals surface area contributed by atoms with E-state index in [1.807, 2.05) is 32.2 Å². The number of fused-ring (bicyclic) bond motifs is 1. The lowest BCUT2D eigenvalue weighted by atomic mass is 10.3. The summed E-state index contributed by atoms with van der Waals surface area (Å²) >= 11 is 0. The molecule has 3 heteroatoms. The molecule has 0 N–H and O–H groups in total. The summed E-state index contributed by atoms with van der Waals surface area (Å²) in [5.74, 6) is 1.06. The van der Waals surface area contributed by atoms with Crippen LogP contribution in [0.2, 0.25) is 0 Å². The number of para-hydroxylation sites is 2. The minimum atomic E-state index is 0. The van der Waals surface area contributed by atoms with Crippen LogP contribution in [0.4, 0.5) is 0 Å². The summed E-state index contributed by atoms with van der Waals surface area (Å²) in [6.45, 7) is 2.01. The first-order valence-corrected chi connectivity index (χ1v) is 3.67. The van der Waals surface area contributed by atoms with Crippen LogP contribution >= 0.6 is 24.0 Å². The van der Waals surface area contributed by atoms with Crippen molar-refractivity contribution in [1.82, 2.24) is 9.55 Å². The molecular weight excluding hydrogens is 263 g/mol. The van der Waals surface area contributed by atoms with Crippen molar-refractivity contribution >= 4 is 35.0 Å². The fourth-order valence-electron chi connectivity index (χ4n) is 1.27. The quantitative estimate of drug-likeness (QED) is 0.675. The molecule has 0 bridgehead atoms. The average molecular weight is 274 g/mol. The number of aryl methyl sites for hydroxylation is 2. The number of imidazole rings is 1. The Bertz CT molecular complexity index is 392. The molecule has 0 amide bonds. The third-order valence-corrected chi connectivity index (χ3v) is 2.01. The Morgan fingerprint density at radius 3 is 2.58 bits per heavy atom. The highest BCUT2D eigenvalue weighted by Crippen LogP contribution is 2.12. The molecule has 0 atom stereocenters. The largest absolute Gasteiger partial charge is 0.331 e. The number of nitrogens with zero attached hydrogens (tertiary/aromatic N) is 2. The van der Waals surface area contributed by atoms with E-state index in [1.165, 1.54) is 5.52 Å². The second kappa shape index (κ2) is 3.43. The van der Waals surface area contributed by atoms with Crippen molar-refractivity contribution in [3.8, 4) is 0 Å². The van der Waals surface area contributed by atoms with Gasteiger partial charge in [-0.05, 0) is 19.1 Å². The van der Waals surface area contributed by atoms with Crippen LogP contribution in [0, 0.1) is 6.92 Å². The number of hydrogen-bond donors (Lipinski definition) is 0. The molecule has 1 aromatic carbocycles. The van der Waals surface area contributed by atoms with E-state index in [4.69, 9.17) is 0 Å². The molecule has 0 radical (unpaired) electrons. The fraction of sp³-hybridized carbons (Fsp3) is 0.222. The Morgan fingerprint density at radius 1 is 1.25 bits per heavy atom. The smallest absolute Gasteiger partial charge is 0.106 e. The van der Waals surface area contributed by atoms with Crippen molar-refractivity contribution in [1.29, 1.82) is 0 Å². The summed E-state index contributed by atoms with van der Waals surface area (Å²) in [7, 11) is 2.03. The van der Waals surface area contributed by atoms with E-state index >= 15 is 0 Å². The molecule has 0 aliphatic heterocycles. The van der Waals surface area contributed by atoms with E-state index < -0.39 is 0 Å². The predicted octanol–water partition coefficient (Wildman–Crippen LogP) is 2.50. The van der Waals surface area contributed by atoms with Gasteiger partial charge >= 0.3 is 0 Å². The zero-order chi connectivity index (χ0) is 7.84. The van der Waals surface area contributed by atoms with Crippen LogP contribution in [-0.4, -0.2) is 9.55 Å². The predicted molar refractivity (Wildman–Crippen MR) is 60.9 cm³/mol. The number of hydrogen-bond acceptors (Lipinski definition) is 1. The first-order chi connectivity index (χ1) is 5.29. The Morgan fingerprint density at radius 2 is 1.92 bits per heavy atom. The van der Waals surface area contributed by atoms with Crippen molar-refractivity contribution in [3.05, 3.63) is 30.1 Å². The lowest BCUT2D eigenvalue weighted by molar-refractivity contribution is 0.886. The van der Waals surface area contributed by atoms with Crippen molar-refractivity contribution in [2.24, 2.45) is 7.05 Å². The molecule has 0 aliphatic carbocycles. The van der Waals surface area contributed by atoms with Gasteiger partial charge in [-0.2, -0.15) is 0 Å². The summed E-state index contributed by atoms with van der Waals surface area (Å²) in [6, 6.07) is 8.15. The van der Waals surface area contributed by atoms with Crippen LogP contribution in [0.15, 0.2) is 24.3 Å². The number of aromatic nitrogens is 2. The van der Waals surface area contributed by atoms with E-state index in [0.717, 1.165) is 11.3 Å². The highest BCUT2D eigenvalue weighted by atomic mass is 127. The second-order valence-electron chi connectivity index (χ2n) is 2.71. The van der Waals surface area contributed by atoms with Crippen LogP contribution < -0.4 is 0 Å². The van der Waals surface area contributed by atoms with Gasteiger partial charge in [0.05, 0.1) is 11.0 Å². The van der Waals surface area contributed by atoms with Gasteiger partial charge in [-0.1, -0.05) is 12.1 Å². The summed E-state index contributed by atoms with van der Waals surface area (Å²) < 4.78 is 2.09. The van der Waals surface area contributed by atoms with Crippen molar-refractivity contribution < 1.29 is 0 Å². The SMILES string of the molecule is Cc1nc2ccccc2n1C.I. The van der Waals surface area contributed by atoms with E-state index in [0.29, 0.717) is 0 Å². The zero-order valence-electron chi connectivity index (χ0n) is 7.11. The van der Waals surface area contributed by atoms with E-state index in [-0.39, 0.29) is 24.0 Å². The minimum Gasteiger partial charge on any atom is -0.331 e. The van der Waals surface area contributed by atoms with Gasteiger partial charge in [0.15, 0.2) is 0 Å².